The van der Waals surface area contributed by atoms with E-state index in [-0.39, 0.29) is 0 Å². The van der Waals surface area contributed by atoms with E-state index in [4.69, 9.17) is 5.26 Å². The smallest absolute Gasteiger partial charge is 0.101 e. The molecule has 3 heteroatoms. The second-order valence-corrected chi connectivity index (χ2v) is 8.22. The van der Waals surface area contributed by atoms with E-state index < -0.39 is 6.17 Å². The molecule has 1 aliphatic carbocycles. The van der Waals surface area contributed by atoms with Crippen molar-refractivity contribution >= 4 is 0 Å². The third-order valence-electron chi connectivity index (χ3n) is 6.21. The van der Waals surface area contributed by atoms with Crippen molar-refractivity contribution in [1.29, 1.82) is 5.26 Å². The molecule has 1 fully saturated rings. The Hall–Kier alpha value is -2.18. The molecule has 1 saturated carbocycles. The Morgan fingerprint density at radius 1 is 1.03 bits per heavy atom. The van der Waals surface area contributed by atoms with Crippen molar-refractivity contribution in [2.24, 2.45) is 0 Å². The molecule has 2 aromatic carbocycles. The highest BCUT2D eigenvalue weighted by atomic mass is 19.1. The number of rotatable bonds is 9. The fourth-order valence-corrected chi connectivity index (χ4v) is 4.48. The molecule has 162 valence electrons. The van der Waals surface area contributed by atoms with Crippen LogP contribution in [0.25, 0.3) is 0 Å². The summed E-state index contributed by atoms with van der Waals surface area (Å²) in [5.41, 5.74) is 4.12. The lowest BCUT2D eigenvalue weighted by Gasteiger charge is -2.30. The molecule has 0 bridgehead atoms. The van der Waals surface area contributed by atoms with E-state index >= 15 is 0 Å². The first kappa shape index (κ1) is 24.1. The first-order valence-corrected chi connectivity index (χ1v) is 11.4. The van der Waals surface area contributed by atoms with Crippen molar-refractivity contribution in [2.75, 3.05) is 6.54 Å². The third-order valence-corrected chi connectivity index (χ3v) is 6.21. The molecule has 0 aliphatic heterocycles. The maximum atomic E-state index is 13.4. The van der Waals surface area contributed by atoms with Gasteiger partial charge in [0.15, 0.2) is 0 Å². The van der Waals surface area contributed by atoms with Crippen LogP contribution in [0.5, 0.6) is 0 Å². The van der Waals surface area contributed by atoms with Crippen LogP contribution in [0.1, 0.15) is 75.5 Å². The van der Waals surface area contributed by atoms with Gasteiger partial charge >= 0.3 is 0 Å². The molecule has 0 N–H and O–H groups in total. The third kappa shape index (κ3) is 7.58. The summed E-state index contributed by atoms with van der Waals surface area (Å²) in [4.78, 5) is 2.60. The van der Waals surface area contributed by atoms with Crippen LogP contribution in [-0.2, 0) is 13.0 Å². The van der Waals surface area contributed by atoms with Crippen LogP contribution >= 0.6 is 0 Å². The van der Waals surface area contributed by atoms with Gasteiger partial charge < -0.3 is 0 Å². The summed E-state index contributed by atoms with van der Waals surface area (Å²) in [7, 11) is 0. The Morgan fingerprint density at radius 3 is 2.23 bits per heavy atom. The Bertz CT molecular complexity index is 751. The molecule has 1 aliphatic rings. The monoisotopic (exact) mass is 408 g/mol. The Kier molecular flexibility index (Phi) is 10.6. The average molecular weight is 409 g/mol. The largest absolute Gasteiger partial charge is 0.296 e. The first-order valence-electron chi connectivity index (χ1n) is 11.4. The summed E-state index contributed by atoms with van der Waals surface area (Å²) in [5, 5.41) is 7.32. The van der Waals surface area contributed by atoms with E-state index in [1.165, 1.54) is 36.5 Å². The molecule has 0 spiro atoms. The standard InChI is InChI=1S/C25H34FN.C2H3N/c1-3-25(27(4-2)19-21-8-6-5-7-9-21)17-12-20-10-13-22(14-11-20)23-15-16-24(26)18-23;1-2-3/h5-11,13-14,23-25H,3-4,12,15-19H2,1-2H3;1H3. The van der Waals surface area contributed by atoms with Crippen LogP contribution < -0.4 is 0 Å². The van der Waals surface area contributed by atoms with Gasteiger partial charge in [-0.15, -0.1) is 0 Å². The molecule has 0 heterocycles. The Labute approximate surface area is 182 Å². The van der Waals surface area contributed by atoms with E-state index in [1.807, 2.05) is 0 Å². The fourth-order valence-electron chi connectivity index (χ4n) is 4.48. The maximum absolute atomic E-state index is 13.4. The number of halogens is 1. The van der Waals surface area contributed by atoms with Crippen LogP contribution in [0.3, 0.4) is 0 Å². The highest BCUT2D eigenvalue weighted by molar-refractivity contribution is 5.26. The van der Waals surface area contributed by atoms with Crippen molar-refractivity contribution in [1.82, 2.24) is 4.90 Å². The fraction of sp³-hybridized carbons (Fsp3) is 0.519. The van der Waals surface area contributed by atoms with Crippen molar-refractivity contribution in [3.8, 4) is 6.07 Å². The number of alkyl halides is 1. The number of nitriles is 1. The minimum absolute atomic E-state index is 0.430. The van der Waals surface area contributed by atoms with Crippen molar-refractivity contribution in [2.45, 2.75) is 84.0 Å². The summed E-state index contributed by atoms with van der Waals surface area (Å²) in [6, 6.07) is 22.1. The number of hydrogen-bond donors (Lipinski definition) is 0. The van der Waals surface area contributed by atoms with Crippen LogP contribution in [0.15, 0.2) is 54.6 Å². The molecule has 2 aromatic rings. The molecule has 30 heavy (non-hydrogen) atoms. The predicted molar refractivity (Wildman–Crippen MR) is 124 cm³/mol. The van der Waals surface area contributed by atoms with Gasteiger partial charge in [-0.25, -0.2) is 4.39 Å². The number of nitrogens with zero attached hydrogens (tertiary/aromatic N) is 2. The molecule has 0 aromatic heterocycles. The van der Waals surface area contributed by atoms with Crippen LogP contribution in [0.4, 0.5) is 4.39 Å². The highest BCUT2D eigenvalue weighted by Crippen LogP contribution is 2.36. The van der Waals surface area contributed by atoms with E-state index in [1.54, 1.807) is 6.07 Å². The zero-order valence-electron chi connectivity index (χ0n) is 18.9. The van der Waals surface area contributed by atoms with E-state index in [0.29, 0.717) is 18.4 Å². The lowest BCUT2D eigenvalue weighted by atomic mass is 9.95. The number of hydrogen-bond acceptors (Lipinski definition) is 2. The second-order valence-electron chi connectivity index (χ2n) is 8.22. The molecule has 2 nitrogen and oxygen atoms in total. The quantitative estimate of drug-likeness (QED) is 0.444. The van der Waals surface area contributed by atoms with Crippen LogP contribution in [0, 0.1) is 11.3 Å². The minimum Gasteiger partial charge on any atom is -0.296 e. The van der Waals surface area contributed by atoms with Crippen LogP contribution in [0.2, 0.25) is 0 Å². The van der Waals surface area contributed by atoms with Crippen molar-refractivity contribution in [3.05, 3.63) is 71.3 Å². The molecule has 3 atom stereocenters. The number of aryl methyl sites for hydroxylation is 1. The lowest BCUT2D eigenvalue weighted by Crippen LogP contribution is -2.34. The van der Waals surface area contributed by atoms with Gasteiger partial charge in [-0.05, 0) is 67.7 Å². The SMILES string of the molecule is CC#N.CCC(CCc1ccc(C2CCC(F)C2)cc1)N(CC)Cc1ccccc1. The molecule has 0 saturated heterocycles. The van der Waals surface area contributed by atoms with Gasteiger partial charge in [0.2, 0.25) is 0 Å². The van der Waals surface area contributed by atoms with Gasteiger partial charge in [0.1, 0.15) is 6.17 Å². The molecule has 0 radical (unpaired) electrons. The predicted octanol–water partition coefficient (Wildman–Crippen LogP) is 7.06. The molecular weight excluding hydrogens is 371 g/mol. The first-order chi connectivity index (χ1) is 14.6. The molecule has 3 rings (SSSR count). The van der Waals surface area contributed by atoms with Gasteiger partial charge in [0, 0.05) is 19.5 Å². The van der Waals surface area contributed by atoms with Gasteiger partial charge in [-0.2, -0.15) is 5.26 Å². The van der Waals surface area contributed by atoms with Gasteiger partial charge in [0.05, 0.1) is 6.07 Å². The maximum Gasteiger partial charge on any atom is 0.101 e. The van der Waals surface area contributed by atoms with Gasteiger partial charge in [0.25, 0.3) is 0 Å². The normalized spacial score (nSPS) is 19.1. The zero-order chi connectivity index (χ0) is 21.8. The summed E-state index contributed by atoms with van der Waals surface area (Å²) in [6.07, 6.45) is 5.33. The van der Waals surface area contributed by atoms with Gasteiger partial charge in [-0.1, -0.05) is 68.4 Å². The van der Waals surface area contributed by atoms with Gasteiger partial charge in [-0.3, -0.25) is 4.90 Å². The average Bonchev–Trinajstić information content (AvgIpc) is 3.21. The molecular formula is C27H37FN2. The summed E-state index contributed by atoms with van der Waals surface area (Å²) < 4.78 is 13.4. The van der Waals surface area contributed by atoms with E-state index in [2.05, 4.69) is 73.3 Å². The van der Waals surface area contributed by atoms with Crippen molar-refractivity contribution in [3.63, 3.8) is 0 Å². The Balaban J connectivity index is 0.00000101. The lowest BCUT2D eigenvalue weighted by molar-refractivity contribution is 0.182. The number of benzene rings is 2. The highest BCUT2D eigenvalue weighted by Gasteiger charge is 2.25. The Morgan fingerprint density at radius 2 is 1.70 bits per heavy atom. The van der Waals surface area contributed by atoms with E-state index in [0.717, 1.165) is 32.4 Å². The van der Waals surface area contributed by atoms with Crippen LogP contribution in [-0.4, -0.2) is 23.7 Å². The van der Waals surface area contributed by atoms with E-state index in [9.17, 15) is 4.39 Å². The topological polar surface area (TPSA) is 27.0 Å². The summed E-state index contributed by atoms with van der Waals surface area (Å²) in [6.45, 7) is 8.11. The van der Waals surface area contributed by atoms with Crippen molar-refractivity contribution < 1.29 is 4.39 Å². The molecule has 3 unspecified atom stereocenters. The zero-order valence-corrected chi connectivity index (χ0v) is 18.9. The summed E-state index contributed by atoms with van der Waals surface area (Å²) in [5.74, 6) is 0.430. The second kappa shape index (κ2) is 13.2. The minimum atomic E-state index is -0.593. The summed E-state index contributed by atoms with van der Waals surface area (Å²) >= 11 is 0. The molecule has 0 amide bonds.